The number of aromatic nitrogens is 2. The fraction of sp³-hybridized carbons (Fsp3) is 0.188. The van der Waals surface area contributed by atoms with Crippen molar-refractivity contribution in [2.24, 2.45) is 0 Å². The van der Waals surface area contributed by atoms with Gasteiger partial charge >= 0.3 is 5.97 Å². The maximum atomic E-state index is 12.7. The van der Waals surface area contributed by atoms with E-state index < -0.39 is 6.04 Å². The van der Waals surface area contributed by atoms with E-state index in [4.69, 9.17) is 4.74 Å². The fourth-order valence-corrected chi connectivity index (χ4v) is 5.03. The zero-order valence-corrected chi connectivity index (χ0v) is 15.5. The van der Waals surface area contributed by atoms with Crippen molar-refractivity contribution < 1.29 is 14.3 Å². The van der Waals surface area contributed by atoms with Crippen molar-refractivity contribution >= 4 is 61.2 Å². The maximum absolute atomic E-state index is 12.7. The first-order valence-electron chi connectivity index (χ1n) is 7.42. The molecule has 0 saturated carbocycles. The highest BCUT2D eigenvalue weighted by molar-refractivity contribution is 7.21. The molecule has 0 fully saturated rings. The van der Waals surface area contributed by atoms with Gasteiger partial charge in [-0.15, -0.1) is 34.0 Å². The summed E-state index contributed by atoms with van der Waals surface area (Å²) in [4.78, 5) is 32.1. The molecule has 1 amide bonds. The summed E-state index contributed by atoms with van der Waals surface area (Å²) in [6.45, 7) is 0. The van der Waals surface area contributed by atoms with Gasteiger partial charge in [-0.25, -0.2) is 4.98 Å². The highest BCUT2D eigenvalue weighted by atomic mass is 32.1. The Hall–Kier alpha value is -2.23. The van der Waals surface area contributed by atoms with E-state index in [2.05, 4.69) is 10.3 Å². The lowest BCUT2D eigenvalue weighted by molar-refractivity contribution is -0.141. The minimum absolute atomic E-state index is 0.0989. The number of rotatable bonds is 5. The fourth-order valence-electron chi connectivity index (χ4n) is 2.55. The van der Waals surface area contributed by atoms with Crippen LogP contribution in [0.4, 0.5) is 0 Å². The lowest BCUT2D eigenvalue weighted by Gasteiger charge is -2.15. The van der Waals surface area contributed by atoms with Gasteiger partial charge in [0.15, 0.2) is 4.96 Å². The molecule has 1 unspecified atom stereocenters. The maximum Gasteiger partial charge on any atom is 0.307 e. The van der Waals surface area contributed by atoms with Crippen LogP contribution in [-0.4, -0.2) is 28.4 Å². The molecule has 6 nitrogen and oxygen atoms in total. The molecule has 4 aromatic rings. The Morgan fingerprint density at radius 3 is 3.00 bits per heavy atom. The molecular weight excluding hydrogens is 378 g/mol. The van der Waals surface area contributed by atoms with Crippen LogP contribution in [0.25, 0.3) is 15.3 Å². The number of hydrogen-bond acceptors (Lipinski definition) is 7. The van der Waals surface area contributed by atoms with Crippen LogP contribution >= 0.6 is 34.0 Å². The summed E-state index contributed by atoms with van der Waals surface area (Å²) in [5.74, 6) is -0.574. The second-order valence-corrected chi connectivity index (χ2v) is 8.17. The molecule has 128 valence electrons. The molecule has 0 bridgehead atoms. The van der Waals surface area contributed by atoms with E-state index in [1.54, 1.807) is 11.3 Å². The van der Waals surface area contributed by atoms with Crippen molar-refractivity contribution in [3.63, 3.8) is 0 Å². The van der Waals surface area contributed by atoms with Gasteiger partial charge in [0.1, 0.15) is 4.83 Å². The number of ether oxygens (including phenoxy) is 1. The quantitative estimate of drug-likeness (QED) is 0.527. The summed E-state index contributed by atoms with van der Waals surface area (Å²) in [7, 11) is 1.34. The summed E-state index contributed by atoms with van der Waals surface area (Å²) in [5, 5.41) is 6.82. The van der Waals surface area contributed by atoms with E-state index in [9.17, 15) is 9.59 Å². The number of nitrogens with one attached hydrogen (secondary N) is 1. The Morgan fingerprint density at radius 1 is 1.36 bits per heavy atom. The number of carbonyl (C=O) groups is 2. The molecule has 0 spiro atoms. The standard InChI is InChI=1S/C16H13N3O3S3/c1-22-13(20)7-9(11-3-2-5-23-11)17-14(21)12-8-10-15(25-12)18-16-19(10)4-6-24-16/h2-6,8-9H,7H2,1H3,(H,17,21). The van der Waals surface area contributed by atoms with Crippen molar-refractivity contribution in [2.75, 3.05) is 7.11 Å². The number of imidazole rings is 1. The second kappa shape index (κ2) is 6.58. The van der Waals surface area contributed by atoms with Gasteiger partial charge in [-0.2, -0.15) is 0 Å². The molecule has 4 rings (SSSR count). The zero-order chi connectivity index (χ0) is 17.4. The number of nitrogens with zero attached hydrogens (tertiary/aromatic N) is 2. The Kier molecular flexibility index (Phi) is 4.28. The first-order chi connectivity index (χ1) is 12.2. The topological polar surface area (TPSA) is 72.7 Å². The summed E-state index contributed by atoms with van der Waals surface area (Å²) in [6.07, 6.45) is 2.04. The first kappa shape index (κ1) is 16.2. The lowest BCUT2D eigenvalue weighted by Crippen LogP contribution is -2.29. The number of methoxy groups -OCH3 is 1. The number of fused-ring (bicyclic) bond motifs is 3. The van der Waals surface area contributed by atoms with Gasteiger partial charge in [0.25, 0.3) is 5.91 Å². The van der Waals surface area contributed by atoms with Crippen molar-refractivity contribution in [1.82, 2.24) is 14.7 Å². The van der Waals surface area contributed by atoms with Crippen LogP contribution in [0.15, 0.2) is 35.2 Å². The highest BCUT2D eigenvalue weighted by Gasteiger charge is 2.22. The molecule has 25 heavy (non-hydrogen) atoms. The first-order valence-corrected chi connectivity index (χ1v) is 9.99. The minimum atomic E-state index is -0.404. The molecule has 0 aliphatic rings. The van der Waals surface area contributed by atoms with E-state index in [-0.39, 0.29) is 18.3 Å². The summed E-state index contributed by atoms with van der Waals surface area (Å²) in [5.41, 5.74) is 0.923. The largest absolute Gasteiger partial charge is 0.469 e. The second-order valence-electron chi connectivity index (χ2n) is 5.29. The van der Waals surface area contributed by atoms with Crippen molar-refractivity contribution in [1.29, 1.82) is 0 Å². The molecule has 0 aromatic carbocycles. The molecule has 4 aromatic heterocycles. The third kappa shape index (κ3) is 3.06. The van der Waals surface area contributed by atoms with Gasteiger partial charge < -0.3 is 10.1 Å². The van der Waals surface area contributed by atoms with Crippen LogP contribution in [-0.2, 0) is 9.53 Å². The predicted molar refractivity (Wildman–Crippen MR) is 99.6 cm³/mol. The van der Waals surface area contributed by atoms with Gasteiger partial charge in [0.2, 0.25) is 0 Å². The van der Waals surface area contributed by atoms with E-state index in [1.165, 1.54) is 29.8 Å². The molecule has 9 heteroatoms. The van der Waals surface area contributed by atoms with Crippen LogP contribution in [0.3, 0.4) is 0 Å². The third-order valence-corrected chi connectivity index (χ3v) is 6.51. The molecule has 1 N–H and O–H groups in total. The molecule has 1 atom stereocenters. The molecule has 0 saturated heterocycles. The van der Waals surface area contributed by atoms with E-state index >= 15 is 0 Å². The smallest absolute Gasteiger partial charge is 0.307 e. The molecule has 0 aliphatic heterocycles. The Labute approximate surface area is 154 Å². The SMILES string of the molecule is COC(=O)CC(NC(=O)c1cc2c(nc3sccn32)s1)c1cccs1. The van der Waals surface area contributed by atoms with Gasteiger partial charge in [-0.3, -0.25) is 14.0 Å². The average Bonchev–Trinajstić information content (AvgIpc) is 3.34. The van der Waals surface area contributed by atoms with Crippen LogP contribution in [0.2, 0.25) is 0 Å². The van der Waals surface area contributed by atoms with Crippen LogP contribution in [0.5, 0.6) is 0 Å². The monoisotopic (exact) mass is 391 g/mol. The van der Waals surface area contributed by atoms with Gasteiger partial charge in [-0.05, 0) is 17.5 Å². The lowest BCUT2D eigenvalue weighted by atomic mass is 10.1. The number of esters is 1. The van der Waals surface area contributed by atoms with E-state index in [0.717, 1.165) is 20.2 Å². The van der Waals surface area contributed by atoms with Gasteiger partial charge in [-0.1, -0.05) is 6.07 Å². The molecule has 0 aliphatic carbocycles. The van der Waals surface area contributed by atoms with Gasteiger partial charge in [0, 0.05) is 16.5 Å². The number of amides is 1. The number of carbonyl (C=O) groups excluding carboxylic acids is 2. The van der Waals surface area contributed by atoms with Crippen molar-refractivity contribution in [3.8, 4) is 0 Å². The Morgan fingerprint density at radius 2 is 2.24 bits per heavy atom. The van der Waals surface area contributed by atoms with E-state index in [1.807, 2.05) is 39.6 Å². The summed E-state index contributed by atoms with van der Waals surface area (Å²) < 4.78 is 6.72. The molecule has 4 heterocycles. The minimum Gasteiger partial charge on any atom is -0.469 e. The van der Waals surface area contributed by atoms with Crippen LogP contribution in [0.1, 0.15) is 27.0 Å². The number of thiophene rings is 2. The average molecular weight is 391 g/mol. The summed E-state index contributed by atoms with van der Waals surface area (Å²) in [6, 6.07) is 5.23. The zero-order valence-electron chi connectivity index (χ0n) is 13.1. The number of thiazole rings is 1. The van der Waals surface area contributed by atoms with E-state index in [0.29, 0.717) is 4.88 Å². The van der Waals surface area contributed by atoms with Crippen molar-refractivity contribution in [2.45, 2.75) is 12.5 Å². The highest BCUT2D eigenvalue weighted by Crippen LogP contribution is 2.29. The molecule has 0 radical (unpaired) electrons. The van der Waals surface area contributed by atoms with Gasteiger partial charge in [0.05, 0.1) is 30.0 Å². The van der Waals surface area contributed by atoms with Crippen LogP contribution < -0.4 is 5.32 Å². The predicted octanol–water partition coefficient (Wildman–Crippen LogP) is 3.71. The normalized spacial score (nSPS) is 12.5. The Balaban J connectivity index is 1.60. The Bertz CT molecular complexity index is 1040. The number of hydrogen-bond donors (Lipinski definition) is 1. The third-order valence-electron chi connectivity index (χ3n) is 3.75. The molecular formula is C16H13N3O3S3. The van der Waals surface area contributed by atoms with Crippen LogP contribution in [0, 0.1) is 0 Å². The van der Waals surface area contributed by atoms with Crippen molar-refractivity contribution in [3.05, 3.63) is 44.9 Å². The summed E-state index contributed by atoms with van der Waals surface area (Å²) >= 11 is 4.40.